The van der Waals surface area contributed by atoms with Crippen LogP contribution in [0.25, 0.3) is 0 Å². The van der Waals surface area contributed by atoms with Crippen LogP contribution < -0.4 is 5.73 Å². The zero-order valence-corrected chi connectivity index (χ0v) is 11.5. The monoisotopic (exact) mass is 283 g/mol. The number of aryl methyl sites for hydroxylation is 1. The normalized spacial score (nSPS) is 10.5. The Labute approximate surface area is 115 Å². The van der Waals surface area contributed by atoms with Crippen LogP contribution in [0.1, 0.15) is 5.56 Å². The van der Waals surface area contributed by atoms with Crippen molar-refractivity contribution in [3.8, 4) is 0 Å². The van der Waals surface area contributed by atoms with Gasteiger partial charge in [-0.25, -0.2) is 0 Å². The third kappa shape index (κ3) is 3.09. The van der Waals surface area contributed by atoms with Crippen LogP contribution in [0.2, 0.25) is 10.0 Å². The van der Waals surface area contributed by atoms with Gasteiger partial charge in [0.1, 0.15) is 0 Å². The molecule has 0 radical (unpaired) electrons. The van der Waals surface area contributed by atoms with Crippen molar-refractivity contribution < 1.29 is 0 Å². The van der Waals surface area contributed by atoms with Crippen molar-refractivity contribution in [1.29, 1.82) is 0 Å². The van der Waals surface area contributed by atoms with Crippen LogP contribution in [0.4, 0.5) is 5.69 Å². The Balaban J connectivity index is 2.34. The van der Waals surface area contributed by atoms with Gasteiger partial charge < -0.3 is 5.73 Å². The second kappa shape index (κ2) is 5.21. The number of anilines is 1. The summed E-state index contributed by atoms with van der Waals surface area (Å²) in [7, 11) is 0. The molecular formula is C13H11Cl2NS. The van der Waals surface area contributed by atoms with E-state index >= 15 is 0 Å². The standard InChI is InChI=1S/C13H11Cl2NS/c1-8-6-10(16)3-5-12(8)17-13-7-9(14)2-4-11(13)15/h2-7H,16H2,1H3. The quantitative estimate of drug-likeness (QED) is 0.782. The lowest BCUT2D eigenvalue weighted by Gasteiger charge is -2.08. The predicted octanol–water partition coefficient (Wildman–Crippen LogP) is 5.04. The number of nitrogens with two attached hydrogens (primary N) is 1. The summed E-state index contributed by atoms with van der Waals surface area (Å²) >= 11 is 13.7. The number of halogens is 2. The first-order valence-electron chi connectivity index (χ1n) is 5.05. The Bertz CT molecular complexity index is 555. The first-order chi connectivity index (χ1) is 8.06. The maximum absolute atomic E-state index is 6.13. The minimum Gasteiger partial charge on any atom is -0.399 e. The second-order valence-corrected chi connectivity index (χ2v) is 5.63. The minimum absolute atomic E-state index is 0.685. The van der Waals surface area contributed by atoms with Gasteiger partial charge in [-0.15, -0.1) is 0 Å². The summed E-state index contributed by atoms with van der Waals surface area (Å²) in [6.45, 7) is 2.02. The third-order valence-electron chi connectivity index (χ3n) is 2.31. The van der Waals surface area contributed by atoms with Crippen LogP contribution in [-0.4, -0.2) is 0 Å². The molecule has 0 atom stereocenters. The van der Waals surface area contributed by atoms with E-state index in [1.807, 2.05) is 31.2 Å². The summed E-state index contributed by atoms with van der Waals surface area (Å²) in [4.78, 5) is 2.08. The van der Waals surface area contributed by atoms with Crippen molar-refractivity contribution in [1.82, 2.24) is 0 Å². The molecule has 0 aliphatic rings. The van der Waals surface area contributed by atoms with Crippen LogP contribution in [0.3, 0.4) is 0 Å². The van der Waals surface area contributed by atoms with E-state index in [2.05, 4.69) is 0 Å². The van der Waals surface area contributed by atoms with Crippen molar-refractivity contribution in [3.05, 3.63) is 52.0 Å². The summed E-state index contributed by atoms with van der Waals surface area (Å²) in [6, 6.07) is 11.3. The van der Waals surface area contributed by atoms with Gasteiger partial charge in [0.25, 0.3) is 0 Å². The molecule has 0 spiro atoms. The van der Waals surface area contributed by atoms with E-state index in [1.54, 1.807) is 23.9 Å². The summed E-state index contributed by atoms with van der Waals surface area (Å²) in [5.41, 5.74) is 7.62. The molecule has 0 heterocycles. The van der Waals surface area contributed by atoms with E-state index in [1.165, 1.54) is 0 Å². The largest absolute Gasteiger partial charge is 0.399 e. The highest BCUT2D eigenvalue weighted by atomic mass is 35.5. The molecule has 2 aromatic rings. The first kappa shape index (κ1) is 12.6. The van der Waals surface area contributed by atoms with Crippen LogP contribution in [0.15, 0.2) is 46.2 Å². The molecule has 2 N–H and O–H groups in total. The number of hydrogen-bond acceptors (Lipinski definition) is 2. The van der Waals surface area contributed by atoms with Gasteiger partial charge in [0.15, 0.2) is 0 Å². The van der Waals surface area contributed by atoms with Crippen molar-refractivity contribution in [2.45, 2.75) is 16.7 Å². The Kier molecular flexibility index (Phi) is 3.87. The Morgan fingerprint density at radius 3 is 2.47 bits per heavy atom. The van der Waals surface area contributed by atoms with Gasteiger partial charge in [0.2, 0.25) is 0 Å². The molecule has 0 unspecified atom stereocenters. The van der Waals surface area contributed by atoms with Crippen LogP contribution in [0.5, 0.6) is 0 Å². The lowest BCUT2D eigenvalue weighted by atomic mass is 10.2. The highest BCUT2D eigenvalue weighted by Crippen LogP contribution is 2.36. The van der Waals surface area contributed by atoms with E-state index in [0.717, 1.165) is 21.0 Å². The molecule has 0 aromatic heterocycles. The minimum atomic E-state index is 0.685. The molecule has 0 aliphatic heterocycles. The smallest absolute Gasteiger partial charge is 0.0546 e. The van der Waals surface area contributed by atoms with Gasteiger partial charge in [0, 0.05) is 20.5 Å². The Hall–Kier alpha value is -0.830. The molecule has 0 bridgehead atoms. The van der Waals surface area contributed by atoms with Crippen molar-refractivity contribution in [3.63, 3.8) is 0 Å². The average Bonchev–Trinajstić information content (AvgIpc) is 2.27. The fraction of sp³-hybridized carbons (Fsp3) is 0.0769. The molecule has 0 saturated carbocycles. The molecule has 88 valence electrons. The van der Waals surface area contributed by atoms with Gasteiger partial charge >= 0.3 is 0 Å². The van der Waals surface area contributed by atoms with Crippen molar-refractivity contribution in [2.24, 2.45) is 0 Å². The van der Waals surface area contributed by atoms with Gasteiger partial charge in [-0.3, -0.25) is 0 Å². The van der Waals surface area contributed by atoms with E-state index < -0.39 is 0 Å². The zero-order chi connectivity index (χ0) is 12.4. The van der Waals surface area contributed by atoms with E-state index in [4.69, 9.17) is 28.9 Å². The highest BCUT2D eigenvalue weighted by molar-refractivity contribution is 7.99. The van der Waals surface area contributed by atoms with Gasteiger partial charge in [-0.05, 0) is 48.9 Å². The molecule has 0 amide bonds. The number of hydrogen-bond donors (Lipinski definition) is 1. The van der Waals surface area contributed by atoms with Crippen molar-refractivity contribution >= 4 is 40.7 Å². The molecule has 0 aliphatic carbocycles. The molecule has 17 heavy (non-hydrogen) atoms. The number of rotatable bonds is 2. The third-order valence-corrected chi connectivity index (χ3v) is 4.22. The van der Waals surface area contributed by atoms with E-state index in [0.29, 0.717) is 10.0 Å². The molecular weight excluding hydrogens is 273 g/mol. The second-order valence-electron chi connectivity index (χ2n) is 3.70. The molecule has 0 fully saturated rings. The lowest BCUT2D eigenvalue weighted by Crippen LogP contribution is -1.87. The lowest BCUT2D eigenvalue weighted by molar-refractivity contribution is 1.29. The maximum atomic E-state index is 6.13. The topological polar surface area (TPSA) is 26.0 Å². The Morgan fingerprint density at radius 2 is 1.76 bits per heavy atom. The maximum Gasteiger partial charge on any atom is 0.0546 e. The predicted molar refractivity (Wildman–Crippen MR) is 76.2 cm³/mol. The summed E-state index contributed by atoms with van der Waals surface area (Å²) < 4.78 is 0. The first-order valence-corrected chi connectivity index (χ1v) is 6.62. The Morgan fingerprint density at radius 1 is 1.00 bits per heavy atom. The average molecular weight is 284 g/mol. The SMILES string of the molecule is Cc1cc(N)ccc1Sc1cc(Cl)ccc1Cl. The fourth-order valence-electron chi connectivity index (χ4n) is 1.46. The number of benzene rings is 2. The molecule has 2 aromatic carbocycles. The fourth-order valence-corrected chi connectivity index (χ4v) is 2.88. The van der Waals surface area contributed by atoms with Gasteiger partial charge in [0.05, 0.1) is 5.02 Å². The highest BCUT2D eigenvalue weighted by Gasteiger charge is 2.06. The molecule has 0 saturated heterocycles. The van der Waals surface area contributed by atoms with E-state index in [-0.39, 0.29) is 0 Å². The van der Waals surface area contributed by atoms with Crippen molar-refractivity contribution in [2.75, 3.05) is 5.73 Å². The van der Waals surface area contributed by atoms with Gasteiger partial charge in [-0.2, -0.15) is 0 Å². The number of nitrogen functional groups attached to an aromatic ring is 1. The van der Waals surface area contributed by atoms with E-state index in [9.17, 15) is 0 Å². The molecule has 4 heteroatoms. The van der Waals surface area contributed by atoms with Crippen LogP contribution in [0, 0.1) is 6.92 Å². The summed E-state index contributed by atoms with van der Waals surface area (Å²) in [6.07, 6.45) is 0. The van der Waals surface area contributed by atoms with Crippen LogP contribution in [-0.2, 0) is 0 Å². The molecule has 2 rings (SSSR count). The molecule has 1 nitrogen and oxygen atoms in total. The summed E-state index contributed by atoms with van der Waals surface area (Å²) in [5, 5.41) is 1.39. The zero-order valence-electron chi connectivity index (χ0n) is 9.21. The van der Waals surface area contributed by atoms with Crippen LogP contribution >= 0.6 is 35.0 Å². The van der Waals surface area contributed by atoms with Gasteiger partial charge in [-0.1, -0.05) is 35.0 Å². The summed E-state index contributed by atoms with van der Waals surface area (Å²) in [5.74, 6) is 0.